The van der Waals surface area contributed by atoms with E-state index in [0.717, 1.165) is 12.8 Å². The number of nitrogens with two attached hydrogens (primary N) is 3. The molecule has 2 unspecified atom stereocenters. The maximum atomic E-state index is 10.1. The predicted octanol–water partition coefficient (Wildman–Crippen LogP) is -1.86. The normalized spacial score (nSPS) is 12.1. The third kappa shape index (κ3) is 19.3. The summed E-state index contributed by atoms with van der Waals surface area (Å²) in [6.45, 7) is 0.604. The molecular weight excluding hydrogens is 293 g/mol. The molecule has 0 heterocycles. The molecule has 0 rings (SSSR count). The van der Waals surface area contributed by atoms with E-state index in [1.807, 2.05) is 0 Å². The van der Waals surface area contributed by atoms with Crippen LogP contribution in [0.1, 0.15) is 32.1 Å². The second kappa shape index (κ2) is 15.7. The van der Waals surface area contributed by atoms with Crippen LogP contribution in [0.3, 0.4) is 0 Å². The fraction of sp³-hybridized carbons (Fsp3) is 0.727. The van der Waals surface area contributed by atoms with Crippen LogP contribution >= 0.6 is 0 Å². The van der Waals surface area contributed by atoms with Crippen LogP contribution < -0.4 is 17.2 Å². The van der Waals surface area contributed by atoms with Crippen molar-refractivity contribution >= 4 is 47.5 Å². The first-order valence-electron chi connectivity index (χ1n) is 6.11. The number of carboxylic acids is 3. The van der Waals surface area contributed by atoms with Crippen molar-refractivity contribution in [2.45, 2.75) is 44.2 Å². The number of hydrogen-bond donors (Lipinski definition) is 6. The van der Waals surface area contributed by atoms with Crippen molar-refractivity contribution in [3.8, 4) is 0 Å². The summed E-state index contributed by atoms with van der Waals surface area (Å²) in [5, 5.41) is 24.6. The molecule has 0 aromatic rings. The molecule has 0 aliphatic heterocycles. The standard InChI is InChI=1S/C6H14N2O2.C5H9NO4.Na.H/c7-4-2-1-3-5(8)6(9)10;6-3(5(9)10)1-2-4(7)8;;/h5H,1-4,7-8H2,(H,9,10);3H,1-2,6H2,(H,7,8)(H,9,10);;. The average Bonchev–Trinajstić information content (AvgIpc) is 2.36. The van der Waals surface area contributed by atoms with Gasteiger partial charge in [-0.2, -0.15) is 0 Å². The minimum atomic E-state index is -1.17. The SMILES string of the molecule is NC(CCC(=O)O)C(=O)O.NCCCCC(N)C(=O)O.[NaH]. The third-order valence-corrected chi connectivity index (χ3v) is 2.27. The van der Waals surface area contributed by atoms with Gasteiger partial charge in [0, 0.05) is 6.42 Å². The van der Waals surface area contributed by atoms with Crippen molar-refractivity contribution < 1.29 is 29.7 Å². The van der Waals surface area contributed by atoms with E-state index in [9.17, 15) is 14.4 Å². The van der Waals surface area contributed by atoms with E-state index in [4.69, 9.17) is 32.5 Å². The predicted molar refractivity (Wildman–Crippen MR) is 78.1 cm³/mol. The van der Waals surface area contributed by atoms with Gasteiger partial charge in [0.2, 0.25) is 0 Å². The second-order valence-corrected chi connectivity index (χ2v) is 4.11. The van der Waals surface area contributed by atoms with Crippen LogP contribution in [0.2, 0.25) is 0 Å². The molecule has 0 saturated carbocycles. The molecule has 0 radical (unpaired) electrons. The van der Waals surface area contributed by atoms with Crippen LogP contribution in [-0.2, 0) is 14.4 Å². The van der Waals surface area contributed by atoms with E-state index in [0.29, 0.717) is 13.0 Å². The monoisotopic (exact) mass is 317 g/mol. The van der Waals surface area contributed by atoms with Crippen LogP contribution in [0, 0.1) is 0 Å². The van der Waals surface area contributed by atoms with E-state index in [1.165, 1.54) is 0 Å². The van der Waals surface area contributed by atoms with Gasteiger partial charge in [-0.25, -0.2) is 0 Å². The van der Waals surface area contributed by atoms with E-state index < -0.39 is 30.0 Å². The molecule has 10 heteroatoms. The third-order valence-electron chi connectivity index (χ3n) is 2.27. The number of aliphatic carboxylic acids is 3. The summed E-state index contributed by atoms with van der Waals surface area (Å²) in [6, 6.07) is -1.78. The zero-order chi connectivity index (χ0) is 16.1. The van der Waals surface area contributed by atoms with E-state index in [1.54, 1.807) is 0 Å². The van der Waals surface area contributed by atoms with Gasteiger partial charge >= 0.3 is 47.5 Å². The van der Waals surface area contributed by atoms with Crippen molar-refractivity contribution in [2.75, 3.05) is 6.54 Å². The quantitative estimate of drug-likeness (QED) is 0.209. The molecule has 0 aromatic heterocycles. The topological polar surface area (TPSA) is 190 Å². The fourth-order valence-corrected chi connectivity index (χ4v) is 1.03. The molecule has 9 nitrogen and oxygen atoms in total. The van der Waals surface area contributed by atoms with Gasteiger partial charge in [0.05, 0.1) is 0 Å². The number of carboxylic acid groups (broad SMARTS) is 3. The number of carbonyl (C=O) groups is 3. The summed E-state index contributed by atoms with van der Waals surface area (Å²) in [4.78, 5) is 30.0. The first-order valence-corrected chi connectivity index (χ1v) is 6.11. The number of rotatable bonds is 9. The van der Waals surface area contributed by atoms with E-state index in [-0.39, 0.29) is 42.4 Å². The van der Waals surface area contributed by atoms with Crippen molar-refractivity contribution in [1.82, 2.24) is 0 Å². The van der Waals surface area contributed by atoms with Gasteiger partial charge in [-0.3, -0.25) is 14.4 Å². The number of unbranched alkanes of at least 4 members (excludes halogenated alkanes) is 1. The van der Waals surface area contributed by atoms with Crippen LogP contribution in [0.4, 0.5) is 0 Å². The van der Waals surface area contributed by atoms with E-state index in [2.05, 4.69) is 0 Å². The van der Waals surface area contributed by atoms with Crippen LogP contribution in [0.5, 0.6) is 0 Å². The molecule has 0 amide bonds. The molecule has 0 saturated heterocycles. The Morgan fingerprint density at radius 2 is 1.29 bits per heavy atom. The molecule has 0 bridgehead atoms. The Kier molecular flexibility index (Phi) is 18.9. The molecule has 2 atom stereocenters. The molecular formula is C11H24N3NaO6. The first-order chi connectivity index (χ1) is 9.22. The summed E-state index contributed by atoms with van der Waals surface area (Å²) in [5.41, 5.74) is 15.4. The molecule has 0 aromatic carbocycles. The molecule has 0 aliphatic carbocycles. The Hall–Kier alpha value is -0.710. The molecule has 9 N–H and O–H groups in total. The maximum absolute atomic E-state index is 10.1. The van der Waals surface area contributed by atoms with Crippen LogP contribution in [-0.4, -0.2) is 81.4 Å². The summed E-state index contributed by atoms with van der Waals surface area (Å²) in [6.07, 6.45) is 1.94. The van der Waals surface area contributed by atoms with Crippen molar-refractivity contribution in [3.05, 3.63) is 0 Å². The summed E-state index contributed by atoms with van der Waals surface area (Å²) < 4.78 is 0. The van der Waals surface area contributed by atoms with Gasteiger partial charge in [0.25, 0.3) is 0 Å². The zero-order valence-corrected chi connectivity index (χ0v) is 11.2. The average molecular weight is 317 g/mol. The zero-order valence-electron chi connectivity index (χ0n) is 11.2. The Labute approximate surface area is 145 Å². The van der Waals surface area contributed by atoms with Crippen molar-refractivity contribution in [3.63, 3.8) is 0 Å². The van der Waals surface area contributed by atoms with Crippen molar-refractivity contribution in [1.29, 1.82) is 0 Å². The van der Waals surface area contributed by atoms with Crippen LogP contribution in [0.25, 0.3) is 0 Å². The Morgan fingerprint density at radius 3 is 1.62 bits per heavy atom. The molecule has 0 fully saturated rings. The van der Waals surface area contributed by atoms with Crippen molar-refractivity contribution in [2.24, 2.45) is 17.2 Å². The van der Waals surface area contributed by atoms with Gasteiger partial charge in [0.15, 0.2) is 0 Å². The van der Waals surface area contributed by atoms with Gasteiger partial charge < -0.3 is 32.5 Å². The van der Waals surface area contributed by atoms with Gasteiger partial charge in [0.1, 0.15) is 12.1 Å². The number of hydrogen-bond acceptors (Lipinski definition) is 6. The first kappa shape index (κ1) is 25.3. The fourth-order valence-electron chi connectivity index (χ4n) is 1.03. The molecule has 0 spiro atoms. The molecule has 120 valence electrons. The molecule has 0 aliphatic rings. The Balaban J connectivity index is -0.000000295. The minimum absolute atomic E-state index is 0. The summed E-state index contributed by atoms with van der Waals surface area (Å²) in [7, 11) is 0. The Morgan fingerprint density at radius 1 is 0.857 bits per heavy atom. The van der Waals surface area contributed by atoms with Gasteiger partial charge in [-0.1, -0.05) is 6.42 Å². The Bertz CT molecular complexity index is 316. The van der Waals surface area contributed by atoms with E-state index >= 15 is 0 Å². The molecule has 21 heavy (non-hydrogen) atoms. The van der Waals surface area contributed by atoms with Gasteiger partial charge in [-0.15, -0.1) is 0 Å². The summed E-state index contributed by atoms with van der Waals surface area (Å²) in [5.74, 6) is -3.13. The van der Waals surface area contributed by atoms with Crippen LogP contribution in [0.15, 0.2) is 0 Å². The second-order valence-electron chi connectivity index (χ2n) is 4.11. The van der Waals surface area contributed by atoms with Gasteiger partial charge in [-0.05, 0) is 25.8 Å². The summed E-state index contributed by atoms with van der Waals surface area (Å²) >= 11 is 0.